The van der Waals surface area contributed by atoms with E-state index in [0.29, 0.717) is 0 Å². The van der Waals surface area contributed by atoms with Crippen molar-refractivity contribution in [1.82, 2.24) is 0 Å². The fourth-order valence-electron chi connectivity index (χ4n) is 7.58. The van der Waals surface area contributed by atoms with Crippen molar-refractivity contribution in [3.8, 4) is 0 Å². The van der Waals surface area contributed by atoms with E-state index in [1.165, 1.54) is 0 Å². The van der Waals surface area contributed by atoms with Crippen LogP contribution in [0.2, 0.25) is 0 Å². The van der Waals surface area contributed by atoms with Gasteiger partial charge in [0.15, 0.2) is 11.6 Å². The van der Waals surface area contributed by atoms with Crippen LogP contribution in [0.25, 0.3) is 0 Å². The summed E-state index contributed by atoms with van der Waals surface area (Å²) in [5.41, 5.74) is 3.03. The molecule has 0 aliphatic heterocycles. The zero-order chi connectivity index (χ0) is 22.3. The third-order valence-electron chi connectivity index (χ3n) is 8.76. The van der Waals surface area contributed by atoms with E-state index in [9.17, 15) is 9.59 Å². The molecule has 2 nitrogen and oxygen atoms in total. The van der Waals surface area contributed by atoms with Gasteiger partial charge in [-0.05, 0) is 41.7 Å². The third-order valence-corrected chi connectivity index (χ3v) is 8.76. The van der Waals surface area contributed by atoms with Crippen molar-refractivity contribution in [2.75, 3.05) is 0 Å². The van der Waals surface area contributed by atoms with E-state index >= 15 is 0 Å². The molecule has 3 aliphatic rings. The molecule has 3 aliphatic carbocycles. The summed E-state index contributed by atoms with van der Waals surface area (Å²) in [4.78, 5) is 28.4. The van der Waals surface area contributed by atoms with Gasteiger partial charge in [0.25, 0.3) is 0 Å². The van der Waals surface area contributed by atoms with Crippen molar-refractivity contribution in [3.05, 3.63) is 119 Å². The van der Waals surface area contributed by atoms with Gasteiger partial charge < -0.3 is 0 Å². The monoisotopic (exact) mass is 418 g/mol. The number of rotatable bonds is 2. The van der Waals surface area contributed by atoms with Gasteiger partial charge in [-0.1, -0.05) is 97.9 Å². The van der Waals surface area contributed by atoms with Crippen LogP contribution in [0.15, 0.2) is 96.6 Å². The molecule has 158 valence electrons. The van der Waals surface area contributed by atoms with E-state index in [4.69, 9.17) is 0 Å². The van der Waals surface area contributed by atoms with Crippen molar-refractivity contribution in [2.24, 2.45) is 11.3 Å². The summed E-state index contributed by atoms with van der Waals surface area (Å²) in [6.07, 6.45) is 2.17. The van der Waals surface area contributed by atoms with Crippen LogP contribution >= 0.6 is 0 Å². The fraction of sp³-hybridized carbons (Fsp3) is 0.267. The van der Waals surface area contributed by atoms with E-state index < -0.39 is 22.2 Å². The molecular weight excluding hydrogens is 392 g/mol. The lowest BCUT2D eigenvalue weighted by Crippen LogP contribution is -2.60. The second kappa shape index (κ2) is 6.16. The highest BCUT2D eigenvalue weighted by Crippen LogP contribution is 2.75. The van der Waals surface area contributed by atoms with Gasteiger partial charge in [-0.15, -0.1) is 0 Å². The van der Waals surface area contributed by atoms with Crippen LogP contribution < -0.4 is 0 Å². The maximum absolute atomic E-state index is 14.5. The SMILES string of the molecule is CC1=C[C@@]2(c3ccccc3)c3ccccc3[C@@]3(C)C(=O)[C@H](c4ccccc4)[C@@]2(C)[C@H]3C1=O. The number of fused-ring (bicyclic) bond motifs is 3. The minimum Gasteiger partial charge on any atom is -0.298 e. The summed E-state index contributed by atoms with van der Waals surface area (Å²) in [5, 5.41) is 0. The Morgan fingerprint density at radius 2 is 1.28 bits per heavy atom. The van der Waals surface area contributed by atoms with Gasteiger partial charge in [-0.2, -0.15) is 0 Å². The number of allylic oxidation sites excluding steroid dienone is 2. The Kier molecular flexibility index (Phi) is 3.74. The van der Waals surface area contributed by atoms with Crippen LogP contribution in [0.4, 0.5) is 0 Å². The molecular formula is C30H26O2. The average molecular weight is 419 g/mol. The van der Waals surface area contributed by atoms with Gasteiger partial charge in [0, 0.05) is 16.7 Å². The molecule has 0 radical (unpaired) electrons. The van der Waals surface area contributed by atoms with Gasteiger partial charge in [0.05, 0.1) is 11.3 Å². The fourth-order valence-corrected chi connectivity index (χ4v) is 7.58. The Labute approximate surface area is 189 Å². The van der Waals surface area contributed by atoms with Crippen molar-refractivity contribution >= 4 is 11.6 Å². The second-order valence-corrected chi connectivity index (χ2v) is 10.0. The zero-order valence-electron chi connectivity index (χ0n) is 18.6. The van der Waals surface area contributed by atoms with Crippen molar-refractivity contribution < 1.29 is 9.59 Å². The van der Waals surface area contributed by atoms with Gasteiger partial charge in [-0.25, -0.2) is 0 Å². The maximum Gasteiger partial charge on any atom is 0.163 e. The van der Waals surface area contributed by atoms with Crippen LogP contribution in [0.3, 0.4) is 0 Å². The van der Waals surface area contributed by atoms with Crippen molar-refractivity contribution in [2.45, 2.75) is 37.5 Å². The minimum atomic E-state index is -0.850. The Bertz CT molecular complexity index is 1300. The van der Waals surface area contributed by atoms with Crippen LogP contribution in [0.1, 0.15) is 48.9 Å². The van der Waals surface area contributed by atoms with Crippen LogP contribution in [0, 0.1) is 11.3 Å². The van der Waals surface area contributed by atoms with Crippen LogP contribution in [-0.2, 0) is 20.4 Å². The average Bonchev–Trinajstić information content (AvgIpc) is 2.98. The first kappa shape index (κ1) is 19.4. The molecule has 1 saturated carbocycles. The Balaban J connectivity index is 1.84. The number of benzene rings is 3. The molecule has 0 heterocycles. The molecule has 6 rings (SSSR count). The first-order valence-corrected chi connectivity index (χ1v) is 11.4. The lowest BCUT2D eigenvalue weighted by atomic mass is 9.41. The van der Waals surface area contributed by atoms with E-state index in [1.54, 1.807) is 0 Å². The largest absolute Gasteiger partial charge is 0.298 e. The maximum atomic E-state index is 14.5. The molecule has 0 spiro atoms. The number of hydrogen-bond donors (Lipinski definition) is 0. The molecule has 0 saturated heterocycles. The third kappa shape index (κ3) is 1.93. The predicted molar refractivity (Wildman–Crippen MR) is 126 cm³/mol. The molecule has 0 amide bonds. The topological polar surface area (TPSA) is 34.1 Å². The minimum absolute atomic E-state index is 0.114. The normalized spacial score (nSPS) is 34.8. The standard InChI is InChI=1S/C30H26O2/c1-19-18-30(21-14-8-5-9-15-21)23-17-11-10-16-22(23)28(2)26(25(19)31)29(30,3)24(27(28)32)20-12-6-4-7-13-20/h4-18,24,26H,1-3H3/t24-,26-,28+,29-,30+/m0/s1. The van der Waals surface area contributed by atoms with Crippen molar-refractivity contribution in [1.29, 1.82) is 0 Å². The summed E-state index contributed by atoms with van der Waals surface area (Å²) < 4.78 is 0. The van der Waals surface area contributed by atoms with E-state index in [-0.39, 0.29) is 17.5 Å². The molecule has 4 bridgehead atoms. The molecule has 32 heavy (non-hydrogen) atoms. The zero-order valence-corrected chi connectivity index (χ0v) is 18.6. The van der Waals surface area contributed by atoms with Gasteiger partial charge in [0.2, 0.25) is 0 Å². The van der Waals surface area contributed by atoms with Crippen LogP contribution in [-0.4, -0.2) is 11.6 Å². The lowest BCUT2D eigenvalue weighted by Gasteiger charge is -2.59. The quantitative estimate of drug-likeness (QED) is 0.530. The Morgan fingerprint density at radius 3 is 1.94 bits per heavy atom. The van der Waals surface area contributed by atoms with Crippen molar-refractivity contribution in [3.63, 3.8) is 0 Å². The van der Waals surface area contributed by atoms with Gasteiger partial charge in [0.1, 0.15) is 0 Å². The number of carbonyl (C=O) groups excluding carboxylic acids is 2. The number of ketones is 2. The van der Waals surface area contributed by atoms with E-state index in [2.05, 4.69) is 67.6 Å². The Hall–Kier alpha value is -3.26. The number of hydrogen-bond acceptors (Lipinski definition) is 2. The second-order valence-electron chi connectivity index (χ2n) is 10.0. The lowest BCUT2D eigenvalue weighted by molar-refractivity contribution is -0.130. The molecule has 3 aromatic rings. The molecule has 0 N–H and O–H groups in total. The smallest absolute Gasteiger partial charge is 0.163 e. The van der Waals surface area contributed by atoms with E-state index in [1.807, 2.05) is 44.2 Å². The summed E-state index contributed by atoms with van der Waals surface area (Å²) in [7, 11) is 0. The molecule has 5 atom stereocenters. The van der Waals surface area contributed by atoms with Gasteiger partial charge >= 0.3 is 0 Å². The highest BCUT2D eigenvalue weighted by Gasteiger charge is 2.77. The molecule has 2 heteroatoms. The van der Waals surface area contributed by atoms with E-state index in [0.717, 1.165) is 27.8 Å². The number of carbonyl (C=O) groups is 2. The van der Waals surface area contributed by atoms with Gasteiger partial charge in [-0.3, -0.25) is 9.59 Å². The van der Waals surface area contributed by atoms with Crippen LogP contribution in [0.5, 0.6) is 0 Å². The first-order valence-electron chi connectivity index (χ1n) is 11.4. The molecule has 3 aromatic carbocycles. The predicted octanol–water partition coefficient (Wildman–Crippen LogP) is 5.76. The summed E-state index contributed by atoms with van der Waals surface area (Å²) in [6, 6.07) is 28.9. The molecule has 1 fully saturated rings. The number of Topliss-reactive ketones (excluding diaryl/α,β-unsaturated/α-hetero) is 2. The highest BCUT2D eigenvalue weighted by molar-refractivity contribution is 6.12. The summed E-state index contributed by atoms with van der Waals surface area (Å²) in [5.74, 6) is -0.506. The Morgan fingerprint density at radius 1 is 0.719 bits per heavy atom. The first-order chi connectivity index (χ1) is 15.4. The summed E-state index contributed by atoms with van der Waals surface area (Å²) >= 11 is 0. The molecule has 0 unspecified atom stereocenters. The summed E-state index contributed by atoms with van der Waals surface area (Å²) in [6.45, 7) is 6.14. The highest BCUT2D eigenvalue weighted by atomic mass is 16.1. The molecule has 0 aromatic heterocycles.